The molecular formula is C27H31FN4O. The summed E-state index contributed by atoms with van der Waals surface area (Å²) >= 11 is 0. The Hall–Kier alpha value is -3.22. The predicted octanol–water partition coefficient (Wildman–Crippen LogP) is 4.06. The molecule has 0 spiro atoms. The predicted molar refractivity (Wildman–Crippen MR) is 130 cm³/mol. The third-order valence-electron chi connectivity index (χ3n) is 6.14. The van der Waals surface area contributed by atoms with Gasteiger partial charge >= 0.3 is 0 Å². The number of halogens is 1. The molecule has 0 saturated carbocycles. The quantitative estimate of drug-likeness (QED) is 0.537. The molecule has 3 aromatic carbocycles. The van der Waals surface area contributed by atoms with Gasteiger partial charge in [-0.15, -0.1) is 0 Å². The number of rotatable bonds is 7. The molecule has 1 aliphatic heterocycles. The third-order valence-corrected chi connectivity index (χ3v) is 6.14. The minimum Gasteiger partial charge on any atom is -0.399 e. The first-order valence-electron chi connectivity index (χ1n) is 11.5. The highest BCUT2D eigenvalue weighted by molar-refractivity contribution is 5.94. The number of hydrogen-bond acceptors (Lipinski definition) is 4. The van der Waals surface area contributed by atoms with Crippen molar-refractivity contribution in [1.82, 2.24) is 15.1 Å². The molecule has 3 N–H and O–H groups in total. The van der Waals surface area contributed by atoms with E-state index in [1.165, 1.54) is 12.1 Å². The van der Waals surface area contributed by atoms with Crippen LogP contribution in [0.2, 0.25) is 0 Å². The number of benzene rings is 3. The molecular weight excluding hydrogens is 415 g/mol. The van der Waals surface area contributed by atoms with Crippen molar-refractivity contribution in [2.75, 3.05) is 38.5 Å². The van der Waals surface area contributed by atoms with Crippen LogP contribution in [0.5, 0.6) is 0 Å². The zero-order valence-corrected chi connectivity index (χ0v) is 19.0. The van der Waals surface area contributed by atoms with E-state index in [-0.39, 0.29) is 17.8 Å². The van der Waals surface area contributed by atoms with Gasteiger partial charge in [-0.25, -0.2) is 4.39 Å². The standard InChI is InChI=1S/C27H31FN4O/c1-2-30-27(33)22-10-8-21(9-11-22)26(23-4-3-5-25(29)18-23)32-16-14-31(15-17-32)19-20-6-12-24(28)13-7-20/h3-13,18,26H,2,14-17,19,29H2,1H3,(H,30,33). The second-order valence-electron chi connectivity index (χ2n) is 8.49. The molecule has 0 radical (unpaired) electrons. The number of amides is 1. The Balaban J connectivity index is 1.51. The average Bonchev–Trinajstić information content (AvgIpc) is 2.82. The van der Waals surface area contributed by atoms with Gasteiger partial charge in [0.05, 0.1) is 6.04 Å². The lowest BCUT2D eigenvalue weighted by atomic mass is 9.95. The van der Waals surface area contributed by atoms with Crippen LogP contribution in [0.1, 0.15) is 40.0 Å². The highest BCUT2D eigenvalue weighted by atomic mass is 19.1. The molecule has 1 heterocycles. The second-order valence-corrected chi connectivity index (χ2v) is 8.49. The molecule has 4 rings (SSSR count). The summed E-state index contributed by atoms with van der Waals surface area (Å²) in [5.41, 5.74) is 10.9. The molecule has 5 nitrogen and oxygen atoms in total. The minimum absolute atomic E-state index is 0.0565. The van der Waals surface area contributed by atoms with Crippen LogP contribution in [0, 0.1) is 5.82 Å². The summed E-state index contributed by atoms with van der Waals surface area (Å²) < 4.78 is 13.2. The van der Waals surface area contributed by atoms with E-state index in [4.69, 9.17) is 5.73 Å². The molecule has 3 aromatic rings. The van der Waals surface area contributed by atoms with Crippen LogP contribution >= 0.6 is 0 Å². The Labute approximate surface area is 195 Å². The van der Waals surface area contributed by atoms with Gasteiger partial charge in [-0.3, -0.25) is 14.6 Å². The van der Waals surface area contributed by atoms with Crippen LogP contribution in [-0.2, 0) is 6.54 Å². The second kappa shape index (κ2) is 10.6. The zero-order valence-electron chi connectivity index (χ0n) is 19.0. The van der Waals surface area contributed by atoms with E-state index < -0.39 is 0 Å². The van der Waals surface area contributed by atoms with Crippen LogP contribution < -0.4 is 11.1 Å². The first-order chi connectivity index (χ1) is 16.0. The summed E-state index contributed by atoms with van der Waals surface area (Å²) in [7, 11) is 0. The van der Waals surface area contributed by atoms with Crippen molar-refractivity contribution in [2.24, 2.45) is 0 Å². The zero-order chi connectivity index (χ0) is 23.2. The number of nitrogens with one attached hydrogen (secondary N) is 1. The summed E-state index contributed by atoms with van der Waals surface area (Å²) in [5.74, 6) is -0.259. The van der Waals surface area contributed by atoms with Gasteiger partial charge in [0.15, 0.2) is 0 Å². The highest BCUT2D eigenvalue weighted by Crippen LogP contribution is 2.31. The third kappa shape index (κ3) is 5.78. The molecule has 1 fully saturated rings. The van der Waals surface area contributed by atoms with E-state index >= 15 is 0 Å². The van der Waals surface area contributed by atoms with Crippen LogP contribution in [0.15, 0.2) is 72.8 Å². The number of anilines is 1. The number of carbonyl (C=O) groups excluding carboxylic acids is 1. The highest BCUT2D eigenvalue weighted by Gasteiger charge is 2.27. The normalized spacial score (nSPS) is 15.8. The van der Waals surface area contributed by atoms with Crippen LogP contribution in [0.25, 0.3) is 0 Å². The first-order valence-corrected chi connectivity index (χ1v) is 11.5. The van der Waals surface area contributed by atoms with Gasteiger partial charge in [-0.1, -0.05) is 36.4 Å². The molecule has 0 bridgehead atoms. The fourth-order valence-corrected chi connectivity index (χ4v) is 4.45. The van der Waals surface area contributed by atoms with Crippen molar-refractivity contribution in [2.45, 2.75) is 19.5 Å². The van der Waals surface area contributed by atoms with E-state index in [2.05, 4.69) is 21.2 Å². The van der Waals surface area contributed by atoms with Crippen molar-refractivity contribution in [3.8, 4) is 0 Å². The number of piperazine rings is 1. The largest absolute Gasteiger partial charge is 0.399 e. The van der Waals surface area contributed by atoms with Gasteiger partial charge in [-0.05, 0) is 60.0 Å². The number of nitrogens with two attached hydrogens (primary N) is 1. The van der Waals surface area contributed by atoms with Crippen molar-refractivity contribution in [3.05, 3.63) is 101 Å². The van der Waals surface area contributed by atoms with Gasteiger partial charge in [0.1, 0.15) is 5.82 Å². The van der Waals surface area contributed by atoms with Crippen molar-refractivity contribution < 1.29 is 9.18 Å². The van der Waals surface area contributed by atoms with Crippen molar-refractivity contribution >= 4 is 11.6 Å². The molecule has 1 aliphatic rings. The Kier molecular flexibility index (Phi) is 7.37. The van der Waals surface area contributed by atoms with E-state index in [9.17, 15) is 9.18 Å². The lowest BCUT2D eigenvalue weighted by Gasteiger charge is -2.40. The van der Waals surface area contributed by atoms with E-state index in [0.717, 1.165) is 55.1 Å². The van der Waals surface area contributed by atoms with E-state index in [0.29, 0.717) is 12.1 Å². The molecule has 172 valence electrons. The fourth-order valence-electron chi connectivity index (χ4n) is 4.45. The van der Waals surface area contributed by atoms with Gasteiger partial charge in [0.2, 0.25) is 0 Å². The molecule has 1 saturated heterocycles. The van der Waals surface area contributed by atoms with Gasteiger partial charge < -0.3 is 11.1 Å². The summed E-state index contributed by atoms with van der Waals surface area (Å²) in [4.78, 5) is 17.1. The molecule has 1 unspecified atom stereocenters. The SMILES string of the molecule is CCNC(=O)c1ccc(C(c2cccc(N)c2)N2CCN(Cc3ccc(F)cc3)CC2)cc1. The molecule has 6 heteroatoms. The topological polar surface area (TPSA) is 61.6 Å². The minimum atomic E-state index is -0.202. The summed E-state index contributed by atoms with van der Waals surface area (Å²) in [5, 5.41) is 2.85. The van der Waals surface area contributed by atoms with Crippen LogP contribution in [0.3, 0.4) is 0 Å². The van der Waals surface area contributed by atoms with Crippen molar-refractivity contribution in [1.29, 1.82) is 0 Å². The maximum atomic E-state index is 13.2. The van der Waals surface area contributed by atoms with Crippen LogP contribution in [-0.4, -0.2) is 48.4 Å². The molecule has 0 aliphatic carbocycles. The maximum absolute atomic E-state index is 13.2. The first kappa shape index (κ1) is 23.0. The van der Waals surface area contributed by atoms with Gasteiger partial charge in [0.25, 0.3) is 5.91 Å². The number of carbonyl (C=O) groups is 1. The maximum Gasteiger partial charge on any atom is 0.251 e. The monoisotopic (exact) mass is 446 g/mol. The lowest BCUT2D eigenvalue weighted by Crippen LogP contribution is -2.47. The van der Waals surface area contributed by atoms with Gasteiger partial charge in [-0.2, -0.15) is 0 Å². The fraction of sp³-hybridized carbons (Fsp3) is 0.296. The molecule has 1 atom stereocenters. The summed E-state index contributed by atoms with van der Waals surface area (Å²) in [6.07, 6.45) is 0. The van der Waals surface area contributed by atoms with E-state index in [1.54, 1.807) is 0 Å². The number of hydrogen-bond donors (Lipinski definition) is 2. The lowest BCUT2D eigenvalue weighted by molar-refractivity contribution is 0.0955. The molecule has 1 amide bonds. The average molecular weight is 447 g/mol. The Morgan fingerprint density at radius 3 is 2.30 bits per heavy atom. The number of nitrogens with zero attached hydrogens (tertiary/aromatic N) is 2. The summed E-state index contributed by atoms with van der Waals surface area (Å²) in [6, 6.07) is 22.7. The van der Waals surface area contributed by atoms with E-state index in [1.807, 2.05) is 61.5 Å². The molecule has 33 heavy (non-hydrogen) atoms. The van der Waals surface area contributed by atoms with Crippen molar-refractivity contribution in [3.63, 3.8) is 0 Å². The smallest absolute Gasteiger partial charge is 0.251 e. The van der Waals surface area contributed by atoms with Crippen LogP contribution in [0.4, 0.5) is 10.1 Å². The Morgan fingerprint density at radius 2 is 1.67 bits per heavy atom. The number of nitrogen functional groups attached to an aromatic ring is 1. The van der Waals surface area contributed by atoms with Gasteiger partial charge in [0, 0.05) is 50.5 Å². The summed E-state index contributed by atoms with van der Waals surface area (Å²) in [6.45, 7) is 6.99. The Bertz CT molecular complexity index is 1060. The molecule has 0 aromatic heterocycles. The Morgan fingerprint density at radius 1 is 0.970 bits per heavy atom.